The molecule has 5 rings (SSSR count). The van der Waals surface area contributed by atoms with Gasteiger partial charge in [0.2, 0.25) is 5.82 Å². The Hall–Kier alpha value is -2.77. The molecule has 6 nitrogen and oxygen atoms in total. The van der Waals surface area contributed by atoms with E-state index in [0.29, 0.717) is 17.8 Å². The molecule has 148 valence electrons. The van der Waals surface area contributed by atoms with E-state index in [2.05, 4.69) is 39.9 Å². The van der Waals surface area contributed by atoms with Gasteiger partial charge in [0.1, 0.15) is 0 Å². The summed E-state index contributed by atoms with van der Waals surface area (Å²) >= 11 is 1.74. The summed E-state index contributed by atoms with van der Waals surface area (Å²) in [5.41, 5.74) is 2.89. The highest BCUT2D eigenvalue weighted by Crippen LogP contribution is 2.32. The fraction of sp³-hybridized carbons (Fsp3) is 0.318. The van der Waals surface area contributed by atoms with Gasteiger partial charge < -0.3 is 9.42 Å². The van der Waals surface area contributed by atoms with E-state index >= 15 is 0 Å². The Morgan fingerprint density at radius 3 is 2.48 bits per heavy atom. The minimum absolute atomic E-state index is 0.536. The van der Waals surface area contributed by atoms with Crippen LogP contribution in [0.15, 0.2) is 53.1 Å². The van der Waals surface area contributed by atoms with Gasteiger partial charge in [-0.1, -0.05) is 34.7 Å². The van der Waals surface area contributed by atoms with Gasteiger partial charge in [-0.3, -0.25) is 4.90 Å². The van der Waals surface area contributed by atoms with E-state index < -0.39 is 0 Å². The Labute approximate surface area is 173 Å². The van der Waals surface area contributed by atoms with Crippen LogP contribution in [0.4, 0.5) is 5.13 Å². The van der Waals surface area contributed by atoms with Crippen molar-refractivity contribution in [3.63, 3.8) is 0 Å². The van der Waals surface area contributed by atoms with E-state index in [1.165, 1.54) is 0 Å². The largest absolute Gasteiger partial charge is 0.345 e. The van der Waals surface area contributed by atoms with Crippen molar-refractivity contribution in [2.75, 3.05) is 31.1 Å². The van der Waals surface area contributed by atoms with Gasteiger partial charge in [0.15, 0.2) is 5.13 Å². The molecule has 0 amide bonds. The molecule has 1 saturated heterocycles. The lowest BCUT2D eigenvalue weighted by Crippen LogP contribution is -2.48. The zero-order valence-corrected chi connectivity index (χ0v) is 17.4. The molecule has 0 N–H and O–H groups in total. The number of fused-ring (bicyclic) bond motifs is 1. The molecule has 0 unspecified atom stereocenters. The molecule has 1 aliphatic heterocycles. The Kier molecular flexibility index (Phi) is 4.77. The third-order valence-electron chi connectivity index (χ3n) is 5.40. The number of hydrogen-bond acceptors (Lipinski definition) is 7. The Morgan fingerprint density at radius 2 is 1.72 bits per heavy atom. The SMILES string of the molecule is CC(C)N1CCN(c2nc3ccc(-c4noc(-c5ccccc5)n4)cc3s2)CC1. The highest BCUT2D eigenvalue weighted by atomic mass is 32.1. The van der Waals surface area contributed by atoms with Crippen LogP contribution in [-0.2, 0) is 0 Å². The van der Waals surface area contributed by atoms with Crippen LogP contribution in [0.5, 0.6) is 0 Å². The molecule has 3 heterocycles. The van der Waals surface area contributed by atoms with Gasteiger partial charge in [0.05, 0.1) is 10.2 Å². The van der Waals surface area contributed by atoms with Crippen molar-refractivity contribution in [2.45, 2.75) is 19.9 Å². The number of thiazole rings is 1. The highest BCUT2D eigenvalue weighted by molar-refractivity contribution is 7.22. The summed E-state index contributed by atoms with van der Waals surface area (Å²) < 4.78 is 6.61. The molecule has 0 saturated carbocycles. The van der Waals surface area contributed by atoms with Gasteiger partial charge in [-0.05, 0) is 44.2 Å². The molecule has 0 radical (unpaired) electrons. The third kappa shape index (κ3) is 3.63. The zero-order chi connectivity index (χ0) is 19.8. The molecular weight excluding hydrogens is 382 g/mol. The van der Waals surface area contributed by atoms with Crippen LogP contribution in [0.1, 0.15) is 13.8 Å². The van der Waals surface area contributed by atoms with Gasteiger partial charge in [-0.2, -0.15) is 4.98 Å². The van der Waals surface area contributed by atoms with Crippen molar-refractivity contribution in [3.8, 4) is 22.8 Å². The van der Waals surface area contributed by atoms with Crippen LogP contribution in [0, 0.1) is 0 Å². The maximum atomic E-state index is 5.46. The summed E-state index contributed by atoms with van der Waals surface area (Å²) in [6.07, 6.45) is 0. The van der Waals surface area contributed by atoms with Crippen LogP contribution in [-0.4, -0.2) is 52.2 Å². The lowest BCUT2D eigenvalue weighted by Gasteiger charge is -2.36. The van der Waals surface area contributed by atoms with Crippen molar-refractivity contribution >= 4 is 26.7 Å². The van der Waals surface area contributed by atoms with Gasteiger partial charge in [0.25, 0.3) is 5.89 Å². The van der Waals surface area contributed by atoms with Crippen molar-refractivity contribution in [1.82, 2.24) is 20.0 Å². The quantitative estimate of drug-likeness (QED) is 0.497. The maximum Gasteiger partial charge on any atom is 0.258 e. The lowest BCUT2D eigenvalue weighted by molar-refractivity contribution is 0.209. The predicted octanol–water partition coefficient (Wildman–Crippen LogP) is 4.54. The summed E-state index contributed by atoms with van der Waals surface area (Å²) in [5.74, 6) is 1.14. The molecule has 2 aromatic heterocycles. The topological polar surface area (TPSA) is 58.3 Å². The first-order chi connectivity index (χ1) is 14.2. The van der Waals surface area contributed by atoms with Crippen molar-refractivity contribution in [3.05, 3.63) is 48.5 Å². The first-order valence-corrected chi connectivity index (χ1v) is 10.8. The average molecular weight is 406 g/mol. The summed E-state index contributed by atoms with van der Waals surface area (Å²) in [4.78, 5) is 14.3. The summed E-state index contributed by atoms with van der Waals surface area (Å²) in [7, 11) is 0. The third-order valence-corrected chi connectivity index (χ3v) is 6.48. The van der Waals surface area contributed by atoms with Crippen molar-refractivity contribution in [2.24, 2.45) is 0 Å². The number of benzene rings is 2. The molecule has 1 aliphatic rings. The first-order valence-electron chi connectivity index (χ1n) is 9.96. The number of piperazine rings is 1. The first kappa shape index (κ1) is 18.3. The number of rotatable bonds is 4. The van der Waals surface area contributed by atoms with Gasteiger partial charge in [0, 0.05) is 43.3 Å². The van der Waals surface area contributed by atoms with Gasteiger partial charge in [-0.25, -0.2) is 4.98 Å². The van der Waals surface area contributed by atoms with E-state index in [9.17, 15) is 0 Å². The van der Waals surface area contributed by atoms with Crippen molar-refractivity contribution in [1.29, 1.82) is 0 Å². The van der Waals surface area contributed by atoms with E-state index in [-0.39, 0.29) is 0 Å². The van der Waals surface area contributed by atoms with Crippen LogP contribution in [0.25, 0.3) is 33.1 Å². The van der Waals surface area contributed by atoms with Crippen LogP contribution < -0.4 is 4.90 Å². The molecular formula is C22H23N5OS. The van der Waals surface area contributed by atoms with Gasteiger partial charge >= 0.3 is 0 Å². The molecule has 0 aliphatic carbocycles. The number of nitrogens with zero attached hydrogens (tertiary/aromatic N) is 5. The summed E-state index contributed by atoms with van der Waals surface area (Å²) in [6, 6.07) is 16.6. The molecule has 2 aromatic carbocycles. The second-order valence-electron chi connectivity index (χ2n) is 7.58. The molecule has 29 heavy (non-hydrogen) atoms. The maximum absolute atomic E-state index is 5.46. The van der Waals surface area contributed by atoms with E-state index in [1.54, 1.807) is 11.3 Å². The summed E-state index contributed by atoms with van der Waals surface area (Å²) in [5, 5.41) is 5.27. The number of anilines is 1. The molecule has 0 bridgehead atoms. The second kappa shape index (κ2) is 7.57. The number of hydrogen-bond donors (Lipinski definition) is 0. The fourth-order valence-corrected chi connectivity index (χ4v) is 4.71. The minimum atomic E-state index is 0.536. The van der Waals surface area contributed by atoms with Crippen LogP contribution in [0.2, 0.25) is 0 Å². The molecule has 0 atom stereocenters. The van der Waals surface area contributed by atoms with E-state index in [0.717, 1.165) is 52.7 Å². The Bertz CT molecular complexity index is 1110. The average Bonchev–Trinajstić information content (AvgIpc) is 3.41. The Morgan fingerprint density at radius 1 is 0.931 bits per heavy atom. The number of aromatic nitrogens is 3. The highest BCUT2D eigenvalue weighted by Gasteiger charge is 2.21. The van der Waals surface area contributed by atoms with Crippen molar-refractivity contribution < 1.29 is 4.52 Å². The predicted molar refractivity (Wildman–Crippen MR) is 117 cm³/mol. The molecule has 1 fully saturated rings. The zero-order valence-electron chi connectivity index (χ0n) is 16.6. The fourth-order valence-electron chi connectivity index (χ4n) is 3.66. The minimum Gasteiger partial charge on any atom is -0.345 e. The monoisotopic (exact) mass is 405 g/mol. The smallest absolute Gasteiger partial charge is 0.258 e. The van der Waals surface area contributed by atoms with Crippen LogP contribution in [0.3, 0.4) is 0 Å². The van der Waals surface area contributed by atoms with E-state index in [1.807, 2.05) is 42.5 Å². The normalized spacial score (nSPS) is 15.5. The Balaban J connectivity index is 1.38. The molecule has 0 spiro atoms. The van der Waals surface area contributed by atoms with Gasteiger partial charge in [-0.15, -0.1) is 0 Å². The van der Waals surface area contributed by atoms with E-state index in [4.69, 9.17) is 9.51 Å². The molecule has 4 aromatic rings. The van der Waals surface area contributed by atoms with Crippen LogP contribution >= 0.6 is 11.3 Å². The lowest BCUT2D eigenvalue weighted by atomic mass is 10.2. The second-order valence-corrected chi connectivity index (χ2v) is 8.59. The summed E-state index contributed by atoms with van der Waals surface area (Å²) in [6.45, 7) is 8.74. The standard InChI is InChI=1S/C22H23N5OS/c1-15(2)26-10-12-27(13-11-26)22-23-18-9-8-17(14-19(18)29-22)20-24-21(28-25-20)16-6-4-3-5-7-16/h3-9,14-15H,10-13H2,1-2H3. The molecule has 7 heteroatoms.